The highest BCUT2D eigenvalue weighted by atomic mass is 14.9. The highest BCUT2D eigenvalue weighted by molar-refractivity contribution is 5.36. The van der Waals surface area contributed by atoms with Crippen molar-refractivity contribution in [1.82, 2.24) is 5.32 Å². The summed E-state index contributed by atoms with van der Waals surface area (Å²) in [7, 11) is 0. The van der Waals surface area contributed by atoms with Crippen LogP contribution in [-0.2, 0) is 12.8 Å². The molecule has 0 aromatic heterocycles. The summed E-state index contributed by atoms with van der Waals surface area (Å²) in [6.07, 6.45) is 17.0. The van der Waals surface area contributed by atoms with E-state index >= 15 is 0 Å². The second-order valence-corrected chi connectivity index (χ2v) is 6.23. The summed E-state index contributed by atoms with van der Waals surface area (Å²) in [5, 5.41) is 3.78. The minimum Gasteiger partial charge on any atom is -0.310 e. The normalized spacial score (nSPS) is 21.4. The molecule has 0 saturated carbocycles. The van der Waals surface area contributed by atoms with E-state index in [2.05, 4.69) is 60.8 Å². The van der Waals surface area contributed by atoms with Gasteiger partial charge in [0.1, 0.15) is 0 Å². The molecule has 0 fully saturated rings. The molecule has 0 radical (unpaired) electrons. The van der Waals surface area contributed by atoms with E-state index in [0.29, 0.717) is 6.04 Å². The zero-order chi connectivity index (χ0) is 14.5. The Morgan fingerprint density at radius 1 is 1.24 bits per heavy atom. The Kier molecular flexibility index (Phi) is 4.72. The van der Waals surface area contributed by atoms with E-state index in [1.54, 1.807) is 11.1 Å². The van der Waals surface area contributed by atoms with Crippen molar-refractivity contribution >= 4 is 0 Å². The summed E-state index contributed by atoms with van der Waals surface area (Å²) in [6, 6.07) is 7.39. The molecule has 1 heteroatoms. The first-order valence-corrected chi connectivity index (χ1v) is 8.15. The van der Waals surface area contributed by atoms with Crippen molar-refractivity contribution in [3.63, 3.8) is 0 Å². The molecule has 1 aromatic rings. The fraction of sp³-hybridized carbons (Fsp3) is 0.400. The van der Waals surface area contributed by atoms with E-state index in [9.17, 15) is 0 Å². The van der Waals surface area contributed by atoms with Gasteiger partial charge in [-0.3, -0.25) is 0 Å². The summed E-state index contributed by atoms with van der Waals surface area (Å²) in [6.45, 7) is 3.27. The molecule has 1 aromatic carbocycles. The molecule has 0 bridgehead atoms. The third-order valence-electron chi connectivity index (χ3n) is 4.64. The van der Waals surface area contributed by atoms with Crippen LogP contribution in [0.5, 0.6) is 0 Å². The average Bonchev–Trinajstić information content (AvgIpc) is 2.86. The monoisotopic (exact) mass is 281 g/mol. The Labute approximate surface area is 129 Å². The standard InChI is InChI=1S/C20H25N.H2/c1-16-8-6-11-18-14-19(12-7-13-20(16)18)21-15-17-9-4-2-3-5-10-17;/h2-6,8-9,11,19,21H,7,10,12-15H2,1H3;1H. The molecule has 0 aliphatic heterocycles. The van der Waals surface area contributed by atoms with Gasteiger partial charge < -0.3 is 5.32 Å². The van der Waals surface area contributed by atoms with Gasteiger partial charge in [0.05, 0.1) is 0 Å². The van der Waals surface area contributed by atoms with Gasteiger partial charge >= 0.3 is 0 Å². The number of allylic oxidation sites excluding steroid dienone is 5. The van der Waals surface area contributed by atoms with Crippen molar-refractivity contribution < 1.29 is 1.43 Å². The first kappa shape index (κ1) is 14.3. The number of benzene rings is 1. The topological polar surface area (TPSA) is 12.0 Å². The Bertz CT molecular complexity index is 583. The highest BCUT2D eigenvalue weighted by Crippen LogP contribution is 2.23. The van der Waals surface area contributed by atoms with E-state index in [1.807, 2.05) is 0 Å². The second kappa shape index (κ2) is 6.91. The Balaban J connectivity index is 0.00000176. The van der Waals surface area contributed by atoms with Gasteiger partial charge in [-0.1, -0.05) is 54.2 Å². The van der Waals surface area contributed by atoms with Crippen molar-refractivity contribution in [2.75, 3.05) is 6.54 Å². The van der Waals surface area contributed by atoms with Gasteiger partial charge in [0.15, 0.2) is 0 Å². The smallest absolute Gasteiger partial charge is 0.0173 e. The first-order chi connectivity index (χ1) is 10.3. The summed E-state index contributed by atoms with van der Waals surface area (Å²) >= 11 is 0. The predicted octanol–water partition coefficient (Wildman–Crippen LogP) is 4.52. The Morgan fingerprint density at radius 2 is 2.19 bits per heavy atom. The molecule has 1 unspecified atom stereocenters. The van der Waals surface area contributed by atoms with Crippen LogP contribution in [-0.4, -0.2) is 12.6 Å². The van der Waals surface area contributed by atoms with Crippen LogP contribution in [0.4, 0.5) is 0 Å². The lowest BCUT2D eigenvalue weighted by atomic mass is 9.97. The van der Waals surface area contributed by atoms with E-state index in [4.69, 9.17) is 0 Å². The molecule has 2 aliphatic carbocycles. The number of nitrogens with one attached hydrogen (secondary N) is 1. The van der Waals surface area contributed by atoms with Gasteiger partial charge in [0.25, 0.3) is 0 Å². The first-order valence-electron chi connectivity index (χ1n) is 8.15. The van der Waals surface area contributed by atoms with Crippen LogP contribution in [0.15, 0.2) is 54.2 Å². The van der Waals surface area contributed by atoms with Crippen molar-refractivity contribution in [1.29, 1.82) is 0 Å². The summed E-state index contributed by atoms with van der Waals surface area (Å²) in [5.74, 6) is 0. The molecule has 0 saturated heterocycles. The van der Waals surface area contributed by atoms with Crippen LogP contribution < -0.4 is 5.32 Å². The lowest BCUT2D eigenvalue weighted by Gasteiger charge is -2.18. The third kappa shape index (κ3) is 3.74. The van der Waals surface area contributed by atoms with Crippen LogP contribution in [0.1, 0.15) is 37.4 Å². The molecule has 1 N–H and O–H groups in total. The Hall–Kier alpha value is -1.60. The number of hydrogen-bond acceptors (Lipinski definition) is 1. The van der Waals surface area contributed by atoms with Gasteiger partial charge in [-0.05, 0) is 55.7 Å². The molecular weight excluding hydrogens is 254 g/mol. The van der Waals surface area contributed by atoms with Crippen molar-refractivity contribution in [3.8, 4) is 0 Å². The van der Waals surface area contributed by atoms with Gasteiger partial charge in [-0.25, -0.2) is 0 Å². The molecule has 3 rings (SSSR count). The highest BCUT2D eigenvalue weighted by Gasteiger charge is 2.17. The fourth-order valence-corrected chi connectivity index (χ4v) is 3.41. The second-order valence-electron chi connectivity index (χ2n) is 6.23. The molecule has 0 heterocycles. The van der Waals surface area contributed by atoms with Crippen LogP contribution in [0, 0.1) is 6.92 Å². The van der Waals surface area contributed by atoms with Crippen molar-refractivity contribution in [3.05, 3.63) is 70.8 Å². The molecular formula is C20H27N. The molecule has 21 heavy (non-hydrogen) atoms. The SMILES string of the molecule is Cc1cccc2c1CCCC(NCC1=CC=CC=CC1)C2.[HH]. The zero-order valence-electron chi connectivity index (χ0n) is 12.9. The van der Waals surface area contributed by atoms with Crippen LogP contribution >= 0.6 is 0 Å². The molecule has 1 atom stereocenters. The van der Waals surface area contributed by atoms with E-state index < -0.39 is 0 Å². The quantitative estimate of drug-likeness (QED) is 0.803. The van der Waals surface area contributed by atoms with Gasteiger partial charge in [-0.15, -0.1) is 0 Å². The van der Waals surface area contributed by atoms with Gasteiger partial charge in [-0.2, -0.15) is 0 Å². The molecule has 1 nitrogen and oxygen atoms in total. The fourth-order valence-electron chi connectivity index (χ4n) is 3.41. The van der Waals surface area contributed by atoms with Crippen LogP contribution in [0.25, 0.3) is 0 Å². The lowest BCUT2D eigenvalue weighted by Crippen LogP contribution is -2.32. The number of hydrogen-bond donors (Lipinski definition) is 1. The maximum Gasteiger partial charge on any atom is 0.0173 e. The largest absolute Gasteiger partial charge is 0.310 e. The Morgan fingerprint density at radius 3 is 3.14 bits per heavy atom. The summed E-state index contributed by atoms with van der Waals surface area (Å²) < 4.78 is 0. The zero-order valence-corrected chi connectivity index (χ0v) is 12.9. The summed E-state index contributed by atoms with van der Waals surface area (Å²) in [5.41, 5.74) is 6.10. The van der Waals surface area contributed by atoms with Crippen molar-refractivity contribution in [2.24, 2.45) is 0 Å². The van der Waals surface area contributed by atoms with Crippen LogP contribution in [0.2, 0.25) is 0 Å². The van der Waals surface area contributed by atoms with Gasteiger partial charge in [0, 0.05) is 14.0 Å². The minimum absolute atomic E-state index is 0. The molecule has 0 amide bonds. The van der Waals surface area contributed by atoms with E-state index in [-0.39, 0.29) is 1.43 Å². The maximum absolute atomic E-state index is 3.78. The average molecular weight is 281 g/mol. The summed E-state index contributed by atoms with van der Waals surface area (Å²) in [4.78, 5) is 0. The maximum atomic E-state index is 3.78. The number of rotatable bonds is 3. The number of aryl methyl sites for hydroxylation is 1. The minimum atomic E-state index is 0. The molecule has 0 spiro atoms. The number of fused-ring (bicyclic) bond motifs is 1. The molecule has 2 aliphatic rings. The van der Waals surface area contributed by atoms with E-state index in [0.717, 1.165) is 13.0 Å². The molecule has 112 valence electrons. The lowest BCUT2D eigenvalue weighted by molar-refractivity contribution is 0.492. The van der Waals surface area contributed by atoms with Crippen LogP contribution in [0.3, 0.4) is 0 Å². The van der Waals surface area contributed by atoms with Crippen molar-refractivity contribution in [2.45, 2.75) is 45.1 Å². The van der Waals surface area contributed by atoms with E-state index in [1.165, 1.54) is 36.8 Å². The third-order valence-corrected chi connectivity index (χ3v) is 4.64. The van der Waals surface area contributed by atoms with Gasteiger partial charge in [0.2, 0.25) is 0 Å². The predicted molar refractivity (Wildman–Crippen MR) is 92.7 cm³/mol.